The number of nitrogen functional groups attached to an aromatic ring is 1. The van der Waals surface area contributed by atoms with Gasteiger partial charge < -0.3 is 20.6 Å². The summed E-state index contributed by atoms with van der Waals surface area (Å²) >= 11 is 0. The fourth-order valence-electron chi connectivity index (χ4n) is 4.54. The lowest BCUT2D eigenvalue weighted by atomic mass is 9.99. The molecule has 0 spiro atoms. The third-order valence-electron chi connectivity index (χ3n) is 6.16. The van der Waals surface area contributed by atoms with Crippen LogP contribution in [0.1, 0.15) is 17.7 Å². The van der Waals surface area contributed by atoms with Crippen molar-refractivity contribution in [2.45, 2.75) is 31.9 Å². The van der Waals surface area contributed by atoms with E-state index in [1.807, 2.05) is 13.0 Å². The molecule has 2 aromatic rings. The Balaban J connectivity index is 1.26. The number of β-amino-alcohol motifs (C(OH)–C–C–N with tert-alkyl or cyclic N) is 1. The maximum absolute atomic E-state index is 10.8. The number of rotatable bonds is 5. The second-order valence-electron chi connectivity index (χ2n) is 8.21. The van der Waals surface area contributed by atoms with Gasteiger partial charge in [-0.05, 0) is 25.3 Å². The Labute approximate surface area is 173 Å². The first kappa shape index (κ1) is 20.1. The molecule has 3 heterocycles. The normalized spacial score (nSPS) is 24.0. The second kappa shape index (κ2) is 9.07. The lowest BCUT2D eigenvalue weighted by Gasteiger charge is -2.45. The average molecular weight is 397 g/mol. The second-order valence-corrected chi connectivity index (χ2v) is 8.21. The molecule has 2 atom stereocenters. The fourth-order valence-corrected chi connectivity index (χ4v) is 4.54. The van der Waals surface area contributed by atoms with Crippen LogP contribution in [0.3, 0.4) is 0 Å². The third-order valence-corrected chi connectivity index (χ3v) is 6.16. The summed E-state index contributed by atoms with van der Waals surface area (Å²) in [4.78, 5) is 15.6. The molecule has 0 bridgehead atoms. The van der Waals surface area contributed by atoms with Crippen molar-refractivity contribution >= 4 is 11.8 Å². The first-order valence-electron chi connectivity index (χ1n) is 10.6. The summed E-state index contributed by atoms with van der Waals surface area (Å²) in [5.41, 5.74) is 8.05. The predicted octanol–water partition coefficient (Wildman–Crippen LogP) is 1.17. The monoisotopic (exact) mass is 396 g/mol. The zero-order chi connectivity index (χ0) is 20.2. The molecule has 1 aromatic carbocycles. The SMILES string of the molecule is Cc1cc(N2CC[C@H](N3CCN(CCc4ccccc4)CC3)[C@@H](O)C2)nc(N)n1. The van der Waals surface area contributed by atoms with E-state index in [-0.39, 0.29) is 12.1 Å². The van der Waals surface area contributed by atoms with E-state index in [9.17, 15) is 5.11 Å². The molecule has 0 amide bonds. The Kier molecular flexibility index (Phi) is 6.28. The number of benzene rings is 1. The molecule has 1 aromatic heterocycles. The minimum Gasteiger partial charge on any atom is -0.390 e. The van der Waals surface area contributed by atoms with Crippen molar-refractivity contribution in [3.8, 4) is 0 Å². The third kappa shape index (κ3) is 5.04. The van der Waals surface area contributed by atoms with E-state index in [1.165, 1.54) is 5.56 Å². The van der Waals surface area contributed by atoms with Crippen LogP contribution in [0.25, 0.3) is 0 Å². The highest BCUT2D eigenvalue weighted by Gasteiger charge is 2.34. The average Bonchev–Trinajstić information content (AvgIpc) is 2.73. The van der Waals surface area contributed by atoms with Gasteiger partial charge in [-0.2, -0.15) is 4.98 Å². The minimum atomic E-state index is -0.379. The molecule has 3 N–H and O–H groups in total. The quantitative estimate of drug-likeness (QED) is 0.785. The molecule has 2 saturated heterocycles. The molecule has 0 aliphatic carbocycles. The Bertz CT molecular complexity index is 773. The van der Waals surface area contributed by atoms with Gasteiger partial charge in [-0.3, -0.25) is 4.90 Å². The summed E-state index contributed by atoms with van der Waals surface area (Å²) in [5, 5.41) is 10.8. The van der Waals surface area contributed by atoms with Crippen LogP contribution in [0.2, 0.25) is 0 Å². The molecule has 7 nitrogen and oxygen atoms in total. The van der Waals surface area contributed by atoms with Crippen LogP contribution in [0.4, 0.5) is 11.8 Å². The van der Waals surface area contributed by atoms with E-state index in [2.05, 4.69) is 55.0 Å². The van der Waals surface area contributed by atoms with E-state index in [4.69, 9.17) is 5.73 Å². The number of aryl methyl sites for hydroxylation is 1. The molecule has 2 aliphatic rings. The highest BCUT2D eigenvalue weighted by molar-refractivity contribution is 5.44. The molecule has 2 aliphatic heterocycles. The van der Waals surface area contributed by atoms with Crippen molar-refractivity contribution in [1.82, 2.24) is 19.8 Å². The van der Waals surface area contributed by atoms with Gasteiger partial charge in [0.2, 0.25) is 5.95 Å². The van der Waals surface area contributed by atoms with Gasteiger partial charge in [0.15, 0.2) is 0 Å². The topological polar surface area (TPSA) is 81.8 Å². The standard InChI is InChI=1S/C22H32N6O/c1-17-15-21(25-22(23)24-17)28-10-8-19(20(29)16-28)27-13-11-26(12-14-27)9-7-18-5-3-2-4-6-18/h2-6,15,19-20,29H,7-14,16H2,1H3,(H2,23,24,25)/t19-,20-/m0/s1. The molecule has 0 saturated carbocycles. The summed E-state index contributed by atoms with van der Waals surface area (Å²) in [5.74, 6) is 1.11. The molecule has 0 radical (unpaired) electrons. The molecule has 156 valence electrons. The number of aliphatic hydroxyl groups is 1. The number of piperidine rings is 1. The van der Waals surface area contributed by atoms with E-state index >= 15 is 0 Å². The Morgan fingerprint density at radius 3 is 2.52 bits per heavy atom. The summed E-state index contributed by atoms with van der Waals surface area (Å²) < 4.78 is 0. The lowest BCUT2D eigenvalue weighted by Crippen LogP contribution is -2.59. The number of nitrogens with two attached hydrogens (primary N) is 1. The summed E-state index contributed by atoms with van der Waals surface area (Å²) in [6, 6.07) is 12.9. The Morgan fingerprint density at radius 1 is 1.07 bits per heavy atom. The van der Waals surface area contributed by atoms with Crippen LogP contribution in [0, 0.1) is 6.92 Å². The zero-order valence-corrected chi connectivity index (χ0v) is 17.2. The maximum Gasteiger partial charge on any atom is 0.222 e. The number of hydrogen-bond donors (Lipinski definition) is 2. The van der Waals surface area contributed by atoms with Crippen molar-refractivity contribution in [3.05, 3.63) is 47.7 Å². The molecular weight excluding hydrogens is 364 g/mol. The van der Waals surface area contributed by atoms with E-state index in [1.54, 1.807) is 0 Å². The van der Waals surface area contributed by atoms with Gasteiger partial charge in [0.1, 0.15) is 5.82 Å². The van der Waals surface area contributed by atoms with Gasteiger partial charge in [-0.1, -0.05) is 30.3 Å². The summed E-state index contributed by atoms with van der Waals surface area (Å²) in [6.45, 7) is 8.69. The summed E-state index contributed by atoms with van der Waals surface area (Å²) in [6.07, 6.45) is 1.66. The van der Waals surface area contributed by atoms with E-state index < -0.39 is 0 Å². The molecule has 2 fully saturated rings. The summed E-state index contributed by atoms with van der Waals surface area (Å²) in [7, 11) is 0. The fraction of sp³-hybridized carbons (Fsp3) is 0.545. The van der Waals surface area contributed by atoms with Crippen LogP contribution in [0.15, 0.2) is 36.4 Å². The molecule has 7 heteroatoms. The van der Waals surface area contributed by atoms with Crippen molar-refractivity contribution in [2.24, 2.45) is 0 Å². The predicted molar refractivity (Wildman–Crippen MR) is 116 cm³/mol. The van der Waals surface area contributed by atoms with Crippen molar-refractivity contribution in [2.75, 3.05) is 56.4 Å². The number of aliphatic hydroxyl groups excluding tert-OH is 1. The van der Waals surface area contributed by atoms with Crippen molar-refractivity contribution in [1.29, 1.82) is 0 Å². The molecule has 4 rings (SSSR count). The number of nitrogens with zero attached hydrogens (tertiary/aromatic N) is 5. The maximum atomic E-state index is 10.8. The number of anilines is 2. The van der Waals surface area contributed by atoms with Gasteiger partial charge in [0, 0.05) is 63.6 Å². The van der Waals surface area contributed by atoms with E-state index in [0.29, 0.717) is 12.5 Å². The lowest BCUT2D eigenvalue weighted by molar-refractivity contribution is 0.00967. The van der Waals surface area contributed by atoms with Crippen LogP contribution in [-0.4, -0.2) is 82.8 Å². The number of piperazine rings is 1. The highest BCUT2D eigenvalue weighted by Crippen LogP contribution is 2.23. The highest BCUT2D eigenvalue weighted by atomic mass is 16.3. The molecular formula is C22H32N6O. The Hall–Kier alpha value is -2.22. The van der Waals surface area contributed by atoms with Gasteiger partial charge in [0.25, 0.3) is 0 Å². The first-order valence-corrected chi connectivity index (χ1v) is 10.6. The minimum absolute atomic E-state index is 0.225. The smallest absolute Gasteiger partial charge is 0.222 e. The number of hydrogen-bond acceptors (Lipinski definition) is 7. The zero-order valence-electron chi connectivity index (χ0n) is 17.2. The van der Waals surface area contributed by atoms with Crippen LogP contribution < -0.4 is 10.6 Å². The first-order chi connectivity index (χ1) is 14.1. The van der Waals surface area contributed by atoms with Gasteiger partial charge in [-0.25, -0.2) is 4.98 Å². The molecule has 29 heavy (non-hydrogen) atoms. The van der Waals surface area contributed by atoms with Crippen LogP contribution in [0.5, 0.6) is 0 Å². The van der Waals surface area contributed by atoms with Gasteiger partial charge in [-0.15, -0.1) is 0 Å². The van der Waals surface area contributed by atoms with Crippen LogP contribution in [-0.2, 0) is 6.42 Å². The van der Waals surface area contributed by atoms with Crippen LogP contribution >= 0.6 is 0 Å². The van der Waals surface area contributed by atoms with Gasteiger partial charge in [0.05, 0.1) is 6.10 Å². The van der Waals surface area contributed by atoms with Crippen molar-refractivity contribution in [3.63, 3.8) is 0 Å². The largest absolute Gasteiger partial charge is 0.390 e. The van der Waals surface area contributed by atoms with E-state index in [0.717, 1.165) is 63.6 Å². The van der Waals surface area contributed by atoms with Gasteiger partial charge >= 0.3 is 0 Å². The van der Waals surface area contributed by atoms with Crippen molar-refractivity contribution < 1.29 is 5.11 Å². The molecule has 0 unspecified atom stereocenters. The Morgan fingerprint density at radius 2 is 1.83 bits per heavy atom. The number of aromatic nitrogens is 2.